The molecule has 0 amide bonds. The third-order valence-electron chi connectivity index (χ3n) is 3.04. The van der Waals surface area contributed by atoms with E-state index in [0.717, 1.165) is 0 Å². The lowest BCUT2D eigenvalue weighted by Gasteiger charge is -2.43. The molecule has 6 atom stereocenters. The molecule has 0 radical (unpaired) electrons. The van der Waals surface area contributed by atoms with Crippen molar-refractivity contribution in [3.8, 4) is 0 Å². The average Bonchev–Trinajstić information content (AvgIpc) is 2.36. The van der Waals surface area contributed by atoms with Gasteiger partial charge in [-0.2, -0.15) is 0 Å². The van der Waals surface area contributed by atoms with E-state index in [2.05, 4.69) is 0 Å². The van der Waals surface area contributed by atoms with Gasteiger partial charge in [0.05, 0.1) is 12.7 Å². The van der Waals surface area contributed by atoms with Crippen molar-refractivity contribution in [2.24, 2.45) is 0 Å². The second-order valence-corrected chi connectivity index (χ2v) is 4.38. The Kier molecular flexibility index (Phi) is 5.21. The first kappa shape index (κ1) is 16.2. The van der Waals surface area contributed by atoms with Crippen LogP contribution in [0.3, 0.4) is 0 Å². The van der Waals surface area contributed by atoms with Gasteiger partial charge in [-0.15, -0.1) is 0 Å². The number of carboxylic acids is 1. The number of methoxy groups -OCH3 is 1. The van der Waals surface area contributed by atoms with Crippen LogP contribution in [0, 0.1) is 0 Å². The Morgan fingerprint density at radius 3 is 2.53 bits per heavy atom. The number of aliphatic hydroxyl groups excluding tert-OH is 4. The summed E-state index contributed by atoms with van der Waals surface area (Å²) in [6.07, 6.45) is -8.13. The average molecular weight is 282 g/mol. The van der Waals surface area contributed by atoms with E-state index in [4.69, 9.17) is 19.7 Å². The molecule has 0 spiro atoms. The summed E-state index contributed by atoms with van der Waals surface area (Å²) in [5, 5.41) is 56.1. The minimum absolute atomic E-state index is 0.653. The quantitative estimate of drug-likeness (QED) is 0.303. The molecule has 0 saturated carbocycles. The van der Waals surface area contributed by atoms with Crippen LogP contribution >= 0.6 is 0 Å². The SMILES string of the molecule is CO[C@H]1[C@H]([C@H](O)[C@H](O)CO)OC(O)(C(=O)O)C[C@@H]1O. The zero-order valence-corrected chi connectivity index (χ0v) is 10.2. The number of ether oxygens (including phenoxy) is 2. The van der Waals surface area contributed by atoms with Crippen molar-refractivity contribution in [3.05, 3.63) is 0 Å². The van der Waals surface area contributed by atoms with Crippen LogP contribution in [0.4, 0.5) is 0 Å². The normalized spacial score (nSPS) is 38.7. The highest BCUT2D eigenvalue weighted by atomic mass is 16.7. The van der Waals surface area contributed by atoms with Crippen LogP contribution in [0.5, 0.6) is 0 Å². The molecule has 0 aromatic rings. The van der Waals surface area contributed by atoms with E-state index in [0.29, 0.717) is 0 Å². The number of carbonyl (C=O) groups is 1. The lowest BCUT2D eigenvalue weighted by molar-refractivity contribution is -0.315. The fourth-order valence-electron chi connectivity index (χ4n) is 1.98. The summed E-state index contributed by atoms with van der Waals surface area (Å²) in [4.78, 5) is 10.9. The number of carboxylic acid groups (broad SMARTS) is 1. The highest BCUT2D eigenvalue weighted by Gasteiger charge is 2.53. The first-order chi connectivity index (χ1) is 8.76. The van der Waals surface area contributed by atoms with Crippen molar-refractivity contribution in [1.82, 2.24) is 0 Å². The van der Waals surface area contributed by atoms with Crippen molar-refractivity contribution in [1.29, 1.82) is 0 Å². The third kappa shape index (κ3) is 3.20. The molecule has 0 aromatic carbocycles. The fourth-order valence-corrected chi connectivity index (χ4v) is 1.98. The minimum Gasteiger partial charge on any atom is -0.477 e. The molecule has 1 heterocycles. The Bertz CT molecular complexity index is 322. The van der Waals surface area contributed by atoms with Gasteiger partial charge in [-0.1, -0.05) is 0 Å². The molecular formula is C10H18O9. The lowest BCUT2D eigenvalue weighted by atomic mass is 9.91. The molecule has 112 valence electrons. The molecule has 0 aromatic heterocycles. The van der Waals surface area contributed by atoms with Gasteiger partial charge in [0.1, 0.15) is 24.4 Å². The summed E-state index contributed by atoms with van der Waals surface area (Å²) < 4.78 is 9.72. The Morgan fingerprint density at radius 2 is 2.11 bits per heavy atom. The first-order valence-electron chi connectivity index (χ1n) is 5.58. The molecule has 1 aliphatic rings. The van der Waals surface area contributed by atoms with Crippen molar-refractivity contribution in [3.63, 3.8) is 0 Å². The maximum absolute atomic E-state index is 10.9. The molecule has 1 fully saturated rings. The minimum atomic E-state index is -2.70. The zero-order chi connectivity index (χ0) is 14.8. The fraction of sp³-hybridized carbons (Fsp3) is 0.900. The predicted molar refractivity (Wildman–Crippen MR) is 58.0 cm³/mol. The molecular weight excluding hydrogens is 264 g/mol. The summed E-state index contributed by atoms with van der Waals surface area (Å²) in [6.45, 7) is -0.806. The molecule has 1 rings (SSSR count). The van der Waals surface area contributed by atoms with Crippen molar-refractivity contribution in [2.45, 2.75) is 42.7 Å². The standard InChI is InChI=1S/C10H18O9/c1-18-7-4(12)2-10(17,9(15)16)19-8(7)6(14)5(13)3-11/h4-8,11-14,17H,2-3H2,1H3,(H,15,16)/t4-,5+,6+,7+,8-,10?/m0/s1. The van der Waals surface area contributed by atoms with E-state index in [1.807, 2.05) is 0 Å². The summed E-state index contributed by atoms with van der Waals surface area (Å²) in [6, 6.07) is 0. The van der Waals surface area contributed by atoms with E-state index in [-0.39, 0.29) is 0 Å². The molecule has 0 bridgehead atoms. The van der Waals surface area contributed by atoms with Gasteiger partial charge in [0, 0.05) is 13.5 Å². The molecule has 19 heavy (non-hydrogen) atoms. The lowest BCUT2D eigenvalue weighted by Crippen LogP contribution is -2.63. The van der Waals surface area contributed by atoms with Gasteiger partial charge < -0.3 is 40.1 Å². The molecule has 1 unspecified atom stereocenters. The van der Waals surface area contributed by atoms with Crippen molar-refractivity contribution < 1.29 is 44.9 Å². The largest absolute Gasteiger partial charge is 0.477 e. The summed E-state index contributed by atoms with van der Waals surface area (Å²) >= 11 is 0. The maximum atomic E-state index is 10.9. The van der Waals surface area contributed by atoms with Gasteiger partial charge in [0.2, 0.25) is 0 Å². The summed E-state index contributed by atoms with van der Waals surface area (Å²) in [5.41, 5.74) is 0. The highest BCUT2D eigenvalue weighted by Crippen LogP contribution is 2.31. The zero-order valence-electron chi connectivity index (χ0n) is 10.2. The smallest absolute Gasteiger partial charge is 0.364 e. The summed E-state index contributed by atoms with van der Waals surface area (Å²) in [5.74, 6) is -4.44. The van der Waals surface area contributed by atoms with E-state index in [9.17, 15) is 25.2 Å². The molecule has 6 N–H and O–H groups in total. The van der Waals surface area contributed by atoms with Gasteiger partial charge in [-0.3, -0.25) is 0 Å². The molecule has 1 aliphatic heterocycles. The Labute approximate surface area is 108 Å². The number of aliphatic hydroxyl groups is 5. The number of rotatable bonds is 5. The van der Waals surface area contributed by atoms with E-state index in [1.54, 1.807) is 0 Å². The molecule has 1 saturated heterocycles. The molecule has 0 aliphatic carbocycles. The third-order valence-corrected chi connectivity index (χ3v) is 3.04. The Morgan fingerprint density at radius 1 is 1.53 bits per heavy atom. The first-order valence-corrected chi connectivity index (χ1v) is 5.58. The van der Waals surface area contributed by atoms with E-state index >= 15 is 0 Å². The number of hydrogen-bond donors (Lipinski definition) is 6. The van der Waals surface area contributed by atoms with Crippen LogP contribution in [-0.2, 0) is 14.3 Å². The Balaban J connectivity index is 2.99. The molecule has 9 nitrogen and oxygen atoms in total. The van der Waals surface area contributed by atoms with Gasteiger partial charge in [-0.05, 0) is 0 Å². The summed E-state index contributed by atoms with van der Waals surface area (Å²) in [7, 11) is 1.19. The number of aliphatic carboxylic acids is 1. The van der Waals surface area contributed by atoms with E-state index in [1.165, 1.54) is 7.11 Å². The van der Waals surface area contributed by atoms with E-state index < -0.39 is 55.3 Å². The van der Waals surface area contributed by atoms with Crippen LogP contribution in [0.15, 0.2) is 0 Å². The Hall–Kier alpha value is -0.810. The van der Waals surface area contributed by atoms with Crippen LogP contribution < -0.4 is 0 Å². The number of hydrogen-bond acceptors (Lipinski definition) is 8. The van der Waals surface area contributed by atoms with Gasteiger partial charge in [-0.25, -0.2) is 4.79 Å². The molecule has 9 heteroatoms. The maximum Gasteiger partial charge on any atom is 0.364 e. The highest BCUT2D eigenvalue weighted by molar-refractivity contribution is 5.75. The van der Waals surface area contributed by atoms with Crippen molar-refractivity contribution >= 4 is 5.97 Å². The predicted octanol–water partition coefficient (Wildman–Crippen LogP) is -3.36. The van der Waals surface area contributed by atoms with Crippen LogP contribution in [0.25, 0.3) is 0 Å². The van der Waals surface area contributed by atoms with Gasteiger partial charge in [0.25, 0.3) is 5.79 Å². The van der Waals surface area contributed by atoms with Gasteiger partial charge >= 0.3 is 5.97 Å². The second kappa shape index (κ2) is 6.09. The van der Waals surface area contributed by atoms with Crippen LogP contribution in [0.1, 0.15) is 6.42 Å². The van der Waals surface area contributed by atoms with Gasteiger partial charge in [0.15, 0.2) is 0 Å². The van der Waals surface area contributed by atoms with Crippen LogP contribution in [-0.4, -0.2) is 86.6 Å². The monoisotopic (exact) mass is 282 g/mol. The second-order valence-electron chi connectivity index (χ2n) is 4.38. The van der Waals surface area contributed by atoms with Crippen LogP contribution in [0.2, 0.25) is 0 Å². The topological polar surface area (TPSA) is 157 Å². The van der Waals surface area contributed by atoms with Crippen molar-refractivity contribution in [2.75, 3.05) is 13.7 Å².